The van der Waals surface area contributed by atoms with Crippen molar-refractivity contribution in [2.75, 3.05) is 5.32 Å². The number of para-hydroxylation sites is 1. The number of carbonyl (C=O) groups excluding carboxylic acids is 1. The van der Waals surface area contributed by atoms with Crippen LogP contribution in [0.2, 0.25) is 0 Å². The molecule has 0 aliphatic rings. The van der Waals surface area contributed by atoms with Crippen LogP contribution in [0.3, 0.4) is 0 Å². The molecular weight excluding hydrogens is 244 g/mol. The Bertz CT molecular complexity index is 646. The van der Waals surface area contributed by atoms with Gasteiger partial charge in [0.05, 0.1) is 5.56 Å². The average molecular weight is 254 g/mol. The highest BCUT2D eigenvalue weighted by Gasteiger charge is 2.09. The Morgan fingerprint density at radius 2 is 1.84 bits per heavy atom. The maximum Gasteiger partial charge on any atom is 0.259 e. The fourth-order valence-corrected chi connectivity index (χ4v) is 1.53. The lowest BCUT2D eigenvalue weighted by Crippen LogP contribution is -2.11. The van der Waals surface area contributed by atoms with Crippen molar-refractivity contribution in [3.8, 4) is 5.75 Å². The van der Waals surface area contributed by atoms with Crippen molar-refractivity contribution in [3.05, 3.63) is 64.5 Å². The maximum atomic E-state index is 11.9. The maximum absolute atomic E-state index is 11.9. The first-order valence-corrected chi connectivity index (χ1v) is 5.45. The fourth-order valence-electron chi connectivity index (χ4n) is 1.53. The SMILES string of the molecule is [N-]=[N+]=Nc1ccc(NC(=O)c2ccccc2O)cc1. The Morgan fingerprint density at radius 1 is 1.16 bits per heavy atom. The number of benzene rings is 2. The molecule has 2 aromatic carbocycles. The Balaban J connectivity index is 2.15. The Hall–Kier alpha value is -2.98. The van der Waals surface area contributed by atoms with Crippen LogP contribution in [0.4, 0.5) is 11.4 Å². The molecule has 0 bridgehead atoms. The predicted molar refractivity (Wildman–Crippen MR) is 71.3 cm³/mol. The largest absolute Gasteiger partial charge is 0.507 e. The molecule has 0 aliphatic heterocycles. The monoisotopic (exact) mass is 254 g/mol. The van der Waals surface area contributed by atoms with Gasteiger partial charge in [0.15, 0.2) is 0 Å². The number of hydrogen-bond acceptors (Lipinski definition) is 3. The molecular formula is C13H10N4O2. The number of nitrogens with one attached hydrogen (secondary N) is 1. The number of hydrogen-bond donors (Lipinski definition) is 2. The Labute approximate surface area is 108 Å². The molecule has 19 heavy (non-hydrogen) atoms. The molecule has 0 aliphatic carbocycles. The zero-order chi connectivity index (χ0) is 13.7. The number of phenolic OH excluding ortho intramolecular Hbond substituents is 1. The van der Waals surface area contributed by atoms with E-state index >= 15 is 0 Å². The lowest BCUT2D eigenvalue weighted by atomic mass is 10.2. The first-order chi connectivity index (χ1) is 9.20. The summed E-state index contributed by atoms with van der Waals surface area (Å²) in [5.74, 6) is -0.486. The summed E-state index contributed by atoms with van der Waals surface area (Å²) in [6.45, 7) is 0. The van der Waals surface area contributed by atoms with E-state index in [1.165, 1.54) is 12.1 Å². The number of anilines is 1. The van der Waals surface area contributed by atoms with E-state index in [9.17, 15) is 9.90 Å². The second-order valence-corrected chi connectivity index (χ2v) is 3.71. The van der Waals surface area contributed by atoms with Gasteiger partial charge in [-0.15, -0.1) is 0 Å². The summed E-state index contributed by atoms with van der Waals surface area (Å²) in [6, 6.07) is 12.7. The molecule has 0 saturated heterocycles. The molecule has 94 valence electrons. The van der Waals surface area contributed by atoms with Crippen molar-refractivity contribution in [2.24, 2.45) is 5.11 Å². The van der Waals surface area contributed by atoms with Crippen LogP contribution in [-0.4, -0.2) is 11.0 Å². The zero-order valence-corrected chi connectivity index (χ0v) is 9.82. The quantitative estimate of drug-likeness (QED) is 0.497. The topological polar surface area (TPSA) is 98.1 Å². The van der Waals surface area contributed by atoms with Gasteiger partial charge < -0.3 is 10.4 Å². The predicted octanol–water partition coefficient (Wildman–Crippen LogP) is 3.59. The molecule has 2 N–H and O–H groups in total. The molecule has 0 unspecified atom stereocenters. The van der Waals surface area contributed by atoms with E-state index in [1.54, 1.807) is 36.4 Å². The highest BCUT2D eigenvalue weighted by atomic mass is 16.3. The molecule has 1 amide bonds. The van der Waals surface area contributed by atoms with Gasteiger partial charge >= 0.3 is 0 Å². The summed E-state index contributed by atoms with van der Waals surface area (Å²) in [5.41, 5.74) is 9.48. The van der Waals surface area contributed by atoms with Crippen molar-refractivity contribution in [1.29, 1.82) is 0 Å². The minimum atomic E-state index is -0.408. The average Bonchev–Trinajstić information content (AvgIpc) is 2.42. The van der Waals surface area contributed by atoms with Crippen molar-refractivity contribution in [2.45, 2.75) is 0 Å². The van der Waals surface area contributed by atoms with Crippen LogP contribution in [0.25, 0.3) is 10.4 Å². The molecule has 6 heteroatoms. The Kier molecular flexibility index (Phi) is 3.66. The van der Waals surface area contributed by atoms with Crippen LogP contribution in [0.15, 0.2) is 53.6 Å². The van der Waals surface area contributed by atoms with E-state index in [4.69, 9.17) is 5.53 Å². The third kappa shape index (κ3) is 3.02. The molecule has 0 saturated carbocycles. The van der Waals surface area contributed by atoms with Gasteiger partial charge in [0, 0.05) is 16.3 Å². The van der Waals surface area contributed by atoms with Gasteiger partial charge in [-0.05, 0) is 29.8 Å². The summed E-state index contributed by atoms with van der Waals surface area (Å²) in [5, 5.41) is 15.6. The first-order valence-electron chi connectivity index (χ1n) is 5.45. The standard InChI is InChI=1S/C13H10N4O2/c14-17-16-10-7-5-9(6-8-10)15-13(19)11-3-1-2-4-12(11)18/h1-8,18H,(H,15,19). The number of amides is 1. The summed E-state index contributed by atoms with van der Waals surface area (Å²) < 4.78 is 0. The third-order valence-corrected chi connectivity index (χ3v) is 2.43. The molecule has 0 radical (unpaired) electrons. The van der Waals surface area contributed by atoms with Gasteiger partial charge in [0.25, 0.3) is 5.91 Å². The lowest BCUT2D eigenvalue weighted by molar-refractivity contribution is 0.102. The molecule has 6 nitrogen and oxygen atoms in total. The van der Waals surface area contributed by atoms with Crippen molar-refractivity contribution in [1.82, 2.24) is 0 Å². The molecule has 0 aromatic heterocycles. The number of azide groups is 1. The van der Waals surface area contributed by atoms with Crippen LogP contribution in [-0.2, 0) is 0 Å². The molecule has 0 fully saturated rings. The molecule has 0 heterocycles. The molecule has 0 atom stereocenters. The smallest absolute Gasteiger partial charge is 0.259 e. The highest BCUT2D eigenvalue weighted by Crippen LogP contribution is 2.20. The van der Waals surface area contributed by atoms with Crippen LogP contribution in [0, 0.1) is 0 Å². The third-order valence-electron chi connectivity index (χ3n) is 2.43. The van der Waals surface area contributed by atoms with E-state index in [0.717, 1.165) is 0 Å². The second kappa shape index (κ2) is 5.57. The lowest BCUT2D eigenvalue weighted by Gasteiger charge is -2.06. The second-order valence-electron chi connectivity index (χ2n) is 3.71. The van der Waals surface area contributed by atoms with Gasteiger partial charge in [-0.3, -0.25) is 4.79 Å². The van der Waals surface area contributed by atoms with E-state index in [2.05, 4.69) is 15.3 Å². The summed E-state index contributed by atoms with van der Waals surface area (Å²) >= 11 is 0. The van der Waals surface area contributed by atoms with E-state index in [-0.39, 0.29) is 11.3 Å². The number of carbonyl (C=O) groups is 1. The first kappa shape index (κ1) is 12.5. The number of aromatic hydroxyl groups is 1. The summed E-state index contributed by atoms with van der Waals surface area (Å²) in [4.78, 5) is 14.6. The molecule has 0 spiro atoms. The van der Waals surface area contributed by atoms with E-state index in [0.29, 0.717) is 11.4 Å². The Morgan fingerprint density at radius 3 is 2.47 bits per heavy atom. The number of phenols is 1. The van der Waals surface area contributed by atoms with Crippen molar-refractivity contribution < 1.29 is 9.90 Å². The zero-order valence-electron chi connectivity index (χ0n) is 9.82. The van der Waals surface area contributed by atoms with Gasteiger partial charge in [0.2, 0.25) is 0 Å². The van der Waals surface area contributed by atoms with Crippen molar-refractivity contribution in [3.63, 3.8) is 0 Å². The molecule has 2 rings (SSSR count). The van der Waals surface area contributed by atoms with Crippen LogP contribution >= 0.6 is 0 Å². The highest BCUT2D eigenvalue weighted by molar-refractivity contribution is 6.06. The van der Waals surface area contributed by atoms with Crippen molar-refractivity contribution >= 4 is 17.3 Å². The van der Waals surface area contributed by atoms with Crippen LogP contribution in [0.5, 0.6) is 5.75 Å². The van der Waals surface area contributed by atoms with Gasteiger partial charge in [-0.2, -0.15) is 0 Å². The minimum absolute atomic E-state index is 0.0781. The van der Waals surface area contributed by atoms with Crippen LogP contribution < -0.4 is 5.32 Å². The normalized spacial score (nSPS) is 9.47. The van der Waals surface area contributed by atoms with E-state index in [1.807, 2.05) is 0 Å². The number of nitrogens with zero attached hydrogens (tertiary/aromatic N) is 3. The number of rotatable bonds is 3. The fraction of sp³-hybridized carbons (Fsp3) is 0. The summed E-state index contributed by atoms with van der Waals surface area (Å²) in [6.07, 6.45) is 0. The summed E-state index contributed by atoms with van der Waals surface area (Å²) in [7, 11) is 0. The van der Waals surface area contributed by atoms with Gasteiger partial charge in [-0.1, -0.05) is 29.4 Å². The van der Waals surface area contributed by atoms with Gasteiger partial charge in [0.1, 0.15) is 5.75 Å². The van der Waals surface area contributed by atoms with E-state index < -0.39 is 5.91 Å². The van der Waals surface area contributed by atoms with Gasteiger partial charge in [-0.25, -0.2) is 0 Å². The van der Waals surface area contributed by atoms with Crippen LogP contribution in [0.1, 0.15) is 10.4 Å². The molecule has 2 aromatic rings. The minimum Gasteiger partial charge on any atom is -0.507 e.